The highest BCUT2D eigenvalue weighted by Gasteiger charge is 2.20. The van der Waals surface area contributed by atoms with Gasteiger partial charge in [-0.3, -0.25) is 19.1 Å². The van der Waals surface area contributed by atoms with Crippen LogP contribution in [-0.2, 0) is 6.54 Å². The van der Waals surface area contributed by atoms with Gasteiger partial charge < -0.3 is 21.2 Å². The highest BCUT2D eigenvalue weighted by molar-refractivity contribution is 5.95. The summed E-state index contributed by atoms with van der Waals surface area (Å²) in [5, 5.41) is 15.2. The molecule has 0 aliphatic heterocycles. The van der Waals surface area contributed by atoms with Gasteiger partial charge >= 0.3 is 0 Å². The van der Waals surface area contributed by atoms with Gasteiger partial charge in [-0.05, 0) is 20.4 Å². The van der Waals surface area contributed by atoms with Gasteiger partial charge in [0.05, 0.1) is 0 Å². The summed E-state index contributed by atoms with van der Waals surface area (Å²) in [6.07, 6.45) is 5.56. The number of halogens is 3. The van der Waals surface area contributed by atoms with Crippen molar-refractivity contribution in [2.45, 2.75) is 25.9 Å². The van der Waals surface area contributed by atoms with Crippen LogP contribution in [0.15, 0.2) is 35.3 Å². The van der Waals surface area contributed by atoms with Crippen LogP contribution < -0.4 is 21.5 Å². The molecule has 1 aromatic carbocycles. The molecule has 8 nitrogen and oxygen atoms in total. The van der Waals surface area contributed by atoms with Crippen LogP contribution >= 0.6 is 0 Å². The molecule has 4 N–H and O–H groups in total. The van der Waals surface area contributed by atoms with Crippen molar-refractivity contribution in [2.24, 2.45) is 0 Å². The van der Waals surface area contributed by atoms with Gasteiger partial charge in [0.2, 0.25) is 5.43 Å². The second kappa shape index (κ2) is 11.1. The Morgan fingerprint density at radius 1 is 1.25 bits per heavy atom. The highest BCUT2D eigenvalue weighted by Crippen LogP contribution is 2.15. The van der Waals surface area contributed by atoms with Crippen LogP contribution in [0.3, 0.4) is 0 Å². The lowest BCUT2D eigenvalue weighted by Crippen LogP contribution is -2.32. The zero-order valence-electron chi connectivity index (χ0n) is 17.4. The first-order valence-electron chi connectivity index (χ1n) is 9.62. The molecule has 0 radical (unpaired) electrons. The van der Waals surface area contributed by atoms with Crippen molar-refractivity contribution in [2.75, 3.05) is 19.0 Å². The van der Waals surface area contributed by atoms with E-state index in [9.17, 15) is 32.7 Å². The molecule has 0 saturated carbocycles. The van der Waals surface area contributed by atoms with E-state index in [4.69, 9.17) is 0 Å². The van der Waals surface area contributed by atoms with E-state index in [1.54, 1.807) is 7.05 Å². The van der Waals surface area contributed by atoms with Gasteiger partial charge in [0.25, 0.3) is 5.91 Å². The largest absolute Gasteiger partial charge is 0.503 e. The highest BCUT2D eigenvalue weighted by atomic mass is 19.1. The second-order valence-corrected chi connectivity index (χ2v) is 6.83. The van der Waals surface area contributed by atoms with Crippen LogP contribution in [0, 0.1) is 17.5 Å². The van der Waals surface area contributed by atoms with E-state index in [0.717, 1.165) is 10.9 Å². The molecular formula is C21H23F3N4O4. The molecule has 1 atom stereocenters. The van der Waals surface area contributed by atoms with Crippen LogP contribution in [0.1, 0.15) is 39.8 Å². The Morgan fingerprint density at radius 3 is 2.50 bits per heavy atom. The zero-order chi connectivity index (χ0) is 23.8. The van der Waals surface area contributed by atoms with E-state index in [0.29, 0.717) is 25.1 Å². The number of amides is 1. The molecule has 2 rings (SSSR count). The number of carbonyl (C=O) groups is 2. The number of nitrogens with one attached hydrogen (secondary N) is 3. The van der Waals surface area contributed by atoms with Crippen molar-refractivity contribution in [1.29, 1.82) is 0 Å². The van der Waals surface area contributed by atoms with Crippen LogP contribution in [-0.4, -0.2) is 41.6 Å². The Labute approximate surface area is 181 Å². The third kappa shape index (κ3) is 5.97. The summed E-state index contributed by atoms with van der Waals surface area (Å²) in [4.78, 5) is 36.0. The smallest absolute Gasteiger partial charge is 0.257 e. The van der Waals surface area contributed by atoms with Crippen molar-refractivity contribution in [1.82, 2.24) is 15.3 Å². The Bertz CT molecular complexity index is 1060. The average Bonchev–Trinajstić information content (AvgIpc) is 2.74. The number of hydrogen-bond donors (Lipinski definition) is 4. The van der Waals surface area contributed by atoms with E-state index >= 15 is 0 Å². The molecule has 1 amide bonds. The maximum atomic E-state index is 13.7. The van der Waals surface area contributed by atoms with Gasteiger partial charge in [-0.25, -0.2) is 13.2 Å². The number of rotatable bonds is 10. The molecule has 0 spiro atoms. The summed E-state index contributed by atoms with van der Waals surface area (Å²) in [5.74, 6) is -5.54. The predicted molar refractivity (Wildman–Crippen MR) is 112 cm³/mol. The second-order valence-electron chi connectivity index (χ2n) is 6.83. The number of aromatic nitrogens is 1. The van der Waals surface area contributed by atoms with Gasteiger partial charge in [-0.1, -0.05) is 12.2 Å². The number of likely N-dealkylation sites (N-methyl/N-ethyl adjacent to an activating group) is 1. The molecule has 172 valence electrons. The number of pyridine rings is 1. The minimum Gasteiger partial charge on any atom is -0.503 e. The van der Waals surface area contributed by atoms with Gasteiger partial charge in [0.1, 0.15) is 28.7 Å². The molecule has 0 aliphatic rings. The third-order valence-corrected chi connectivity index (χ3v) is 4.58. The van der Waals surface area contributed by atoms with Crippen LogP contribution in [0.2, 0.25) is 0 Å². The standard InChI is InChI=1S/C21H23F3N4O4/c1-12(25-2)5-3-4-6-27-28-10-15(19(30)20(31)18(28)11-29)21(32)26-9-14-16(23)7-13(22)8-17(14)24/h3,5,7-8,10-12,25,27,31H,4,6,9H2,1-2H3,(H,26,32)/b5-3-. The molecule has 1 unspecified atom stereocenters. The maximum Gasteiger partial charge on any atom is 0.257 e. The normalized spacial score (nSPS) is 12.0. The first-order valence-corrected chi connectivity index (χ1v) is 9.62. The van der Waals surface area contributed by atoms with Crippen LogP contribution in [0.25, 0.3) is 0 Å². The van der Waals surface area contributed by atoms with Gasteiger partial charge in [0.15, 0.2) is 12.0 Å². The Hall–Kier alpha value is -3.60. The lowest BCUT2D eigenvalue weighted by Gasteiger charge is -2.15. The monoisotopic (exact) mass is 452 g/mol. The Kier molecular flexibility index (Phi) is 8.59. The summed E-state index contributed by atoms with van der Waals surface area (Å²) in [7, 11) is 1.80. The zero-order valence-corrected chi connectivity index (χ0v) is 17.4. The Balaban J connectivity index is 2.20. The Morgan fingerprint density at radius 2 is 1.91 bits per heavy atom. The molecule has 0 fully saturated rings. The van der Waals surface area contributed by atoms with Crippen LogP contribution in [0.5, 0.6) is 5.75 Å². The minimum absolute atomic E-state index is 0.156. The van der Waals surface area contributed by atoms with Gasteiger partial charge in [0, 0.05) is 43.0 Å². The summed E-state index contributed by atoms with van der Waals surface area (Å²) in [6, 6.07) is 1.07. The van der Waals surface area contributed by atoms with Crippen molar-refractivity contribution >= 4 is 12.2 Å². The van der Waals surface area contributed by atoms with Gasteiger partial charge in [-0.15, -0.1) is 0 Å². The first-order chi connectivity index (χ1) is 15.2. The summed E-state index contributed by atoms with van der Waals surface area (Å²) < 4.78 is 41.5. The van der Waals surface area contributed by atoms with E-state index < -0.39 is 57.9 Å². The third-order valence-electron chi connectivity index (χ3n) is 4.58. The molecule has 0 bridgehead atoms. The lowest BCUT2D eigenvalue weighted by atomic mass is 10.1. The molecule has 2 aromatic rings. The van der Waals surface area contributed by atoms with E-state index in [2.05, 4.69) is 16.1 Å². The fraction of sp³-hybridized carbons (Fsp3) is 0.286. The summed E-state index contributed by atoms with van der Waals surface area (Å²) in [5.41, 5.74) is 0.0940. The van der Waals surface area contributed by atoms with Crippen LogP contribution in [0.4, 0.5) is 13.2 Å². The number of carbonyl (C=O) groups excluding carboxylic acids is 2. The molecule has 0 saturated heterocycles. The van der Waals surface area contributed by atoms with Crippen molar-refractivity contribution in [3.63, 3.8) is 0 Å². The van der Waals surface area contributed by atoms with Crippen molar-refractivity contribution in [3.05, 3.63) is 75.0 Å². The molecule has 11 heteroatoms. The fourth-order valence-corrected chi connectivity index (χ4v) is 2.69. The predicted octanol–water partition coefficient (Wildman–Crippen LogP) is 1.81. The number of hydrogen-bond acceptors (Lipinski definition) is 6. The fourth-order valence-electron chi connectivity index (χ4n) is 2.69. The van der Waals surface area contributed by atoms with E-state index in [-0.39, 0.29) is 12.3 Å². The van der Waals surface area contributed by atoms with E-state index in [1.807, 2.05) is 19.1 Å². The molecule has 1 aromatic heterocycles. The number of aromatic hydroxyl groups is 1. The van der Waals surface area contributed by atoms with E-state index in [1.165, 1.54) is 0 Å². The van der Waals surface area contributed by atoms with Crippen molar-refractivity contribution in [3.8, 4) is 5.75 Å². The number of benzene rings is 1. The summed E-state index contributed by atoms with van der Waals surface area (Å²) >= 11 is 0. The van der Waals surface area contributed by atoms with Gasteiger partial charge in [-0.2, -0.15) is 0 Å². The first kappa shape index (κ1) is 24.7. The SMILES string of the molecule is CNC(C)/C=C\CCNn1cc(C(=O)NCc2c(F)cc(F)cc2F)c(=O)c(O)c1C=O. The molecular weight excluding hydrogens is 429 g/mol. The maximum absolute atomic E-state index is 13.7. The molecule has 0 aliphatic carbocycles. The lowest BCUT2D eigenvalue weighted by molar-refractivity contribution is 0.0946. The number of nitrogens with zero attached hydrogens (tertiary/aromatic N) is 1. The topological polar surface area (TPSA) is 112 Å². The molecule has 32 heavy (non-hydrogen) atoms. The molecule has 1 heterocycles. The van der Waals surface area contributed by atoms with Crippen molar-refractivity contribution < 1.29 is 27.9 Å². The minimum atomic E-state index is -1.21. The number of aldehydes is 1. The summed E-state index contributed by atoms with van der Waals surface area (Å²) in [6.45, 7) is 1.57. The quantitative estimate of drug-likeness (QED) is 0.249. The average molecular weight is 452 g/mol.